The summed E-state index contributed by atoms with van der Waals surface area (Å²) in [6, 6.07) is 9.00. The topological polar surface area (TPSA) is 59.4 Å². The fourth-order valence-electron chi connectivity index (χ4n) is 1.64. The van der Waals surface area contributed by atoms with E-state index >= 15 is 0 Å². The fraction of sp³-hybridized carbons (Fsp3) is 0.286. The molecule has 0 saturated carbocycles. The molecule has 94 valence electrons. The van der Waals surface area contributed by atoms with Crippen molar-refractivity contribution >= 4 is 16.7 Å². The first-order valence-electron chi connectivity index (χ1n) is 5.69. The molecule has 0 aliphatic carbocycles. The van der Waals surface area contributed by atoms with E-state index in [2.05, 4.69) is 4.98 Å². The average molecular weight is 245 g/mol. The third-order valence-electron chi connectivity index (χ3n) is 2.33. The number of hydrogen-bond acceptors (Lipinski definition) is 3. The van der Waals surface area contributed by atoms with Crippen molar-refractivity contribution in [1.82, 2.24) is 4.98 Å². The van der Waals surface area contributed by atoms with Crippen LogP contribution in [0.1, 0.15) is 31.3 Å². The van der Waals surface area contributed by atoms with Crippen molar-refractivity contribution in [3.63, 3.8) is 0 Å². The Bertz CT molecular complexity index is 600. The van der Waals surface area contributed by atoms with E-state index in [1.165, 1.54) is 0 Å². The normalized spacial score (nSPS) is 11.5. The standard InChI is InChI=1S/C14H15NO3/c1-14(2,3)18-12-10-7-5-4-6-9(10)8-11(15-12)13(16)17/h4-8H,1-3H3,(H,16,17). The van der Waals surface area contributed by atoms with Crippen molar-refractivity contribution in [3.05, 3.63) is 36.0 Å². The molecular formula is C14H15NO3. The number of rotatable bonds is 2. The number of aromatic nitrogens is 1. The third-order valence-corrected chi connectivity index (χ3v) is 2.33. The van der Waals surface area contributed by atoms with Crippen molar-refractivity contribution in [3.8, 4) is 5.88 Å². The number of nitrogens with zero attached hydrogens (tertiary/aromatic N) is 1. The van der Waals surface area contributed by atoms with Crippen LogP contribution in [-0.2, 0) is 0 Å². The van der Waals surface area contributed by atoms with Gasteiger partial charge in [-0.15, -0.1) is 0 Å². The number of carbonyl (C=O) groups is 1. The van der Waals surface area contributed by atoms with Gasteiger partial charge in [0.05, 0.1) is 0 Å². The molecular weight excluding hydrogens is 230 g/mol. The van der Waals surface area contributed by atoms with Gasteiger partial charge in [-0.1, -0.05) is 18.2 Å². The first kappa shape index (κ1) is 12.4. The van der Waals surface area contributed by atoms with Crippen molar-refractivity contribution < 1.29 is 14.6 Å². The van der Waals surface area contributed by atoms with Crippen molar-refractivity contribution in [2.45, 2.75) is 26.4 Å². The van der Waals surface area contributed by atoms with Crippen LogP contribution >= 0.6 is 0 Å². The van der Waals surface area contributed by atoms with Crippen LogP contribution in [-0.4, -0.2) is 21.7 Å². The summed E-state index contributed by atoms with van der Waals surface area (Å²) in [6.45, 7) is 5.70. The van der Waals surface area contributed by atoms with Gasteiger partial charge in [0.15, 0.2) is 5.69 Å². The maximum Gasteiger partial charge on any atom is 0.354 e. The van der Waals surface area contributed by atoms with Gasteiger partial charge in [-0.3, -0.25) is 0 Å². The molecule has 0 spiro atoms. The highest BCUT2D eigenvalue weighted by atomic mass is 16.5. The summed E-state index contributed by atoms with van der Waals surface area (Å²) in [5.41, 5.74) is -0.430. The maximum absolute atomic E-state index is 11.0. The number of fused-ring (bicyclic) bond motifs is 1. The zero-order chi connectivity index (χ0) is 13.3. The predicted octanol–water partition coefficient (Wildman–Crippen LogP) is 3.11. The minimum Gasteiger partial charge on any atom is -0.477 e. The summed E-state index contributed by atoms with van der Waals surface area (Å²) in [7, 11) is 0. The molecule has 0 atom stereocenters. The van der Waals surface area contributed by atoms with Crippen LogP contribution in [0.4, 0.5) is 0 Å². The number of aromatic carboxylic acids is 1. The number of hydrogen-bond donors (Lipinski definition) is 1. The van der Waals surface area contributed by atoms with E-state index in [-0.39, 0.29) is 5.69 Å². The molecule has 0 aliphatic rings. The second-order valence-corrected chi connectivity index (χ2v) is 5.05. The van der Waals surface area contributed by atoms with Crippen molar-refractivity contribution in [2.24, 2.45) is 0 Å². The van der Waals surface area contributed by atoms with Crippen molar-refractivity contribution in [2.75, 3.05) is 0 Å². The van der Waals surface area contributed by atoms with Gasteiger partial charge in [0, 0.05) is 5.39 Å². The monoisotopic (exact) mass is 245 g/mol. The minimum atomic E-state index is -1.06. The van der Waals surface area contributed by atoms with Crippen LogP contribution < -0.4 is 4.74 Å². The SMILES string of the molecule is CC(C)(C)Oc1nc(C(=O)O)cc2ccccc12. The van der Waals surface area contributed by atoms with E-state index in [1.807, 2.05) is 45.0 Å². The molecule has 1 aromatic carbocycles. The molecule has 1 aromatic heterocycles. The zero-order valence-corrected chi connectivity index (χ0v) is 10.6. The van der Waals surface area contributed by atoms with E-state index in [0.29, 0.717) is 5.88 Å². The zero-order valence-electron chi connectivity index (χ0n) is 10.6. The van der Waals surface area contributed by atoms with Gasteiger partial charge in [-0.05, 0) is 38.3 Å². The van der Waals surface area contributed by atoms with Gasteiger partial charge in [0.25, 0.3) is 0 Å². The Labute approximate surface area is 105 Å². The first-order valence-corrected chi connectivity index (χ1v) is 5.69. The summed E-state index contributed by atoms with van der Waals surface area (Å²) in [5.74, 6) is -0.697. The van der Waals surface area contributed by atoms with Crippen molar-refractivity contribution in [1.29, 1.82) is 0 Å². The summed E-state index contributed by atoms with van der Waals surface area (Å²) < 4.78 is 5.73. The highest BCUT2D eigenvalue weighted by Gasteiger charge is 2.17. The Morgan fingerprint density at radius 3 is 2.56 bits per heavy atom. The highest BCUT2D eigenvalue weighted by molar-refractivity contribution is 5.94. The van der Waals surface area contributed by atoms with E-state index in [9.17, 15) is 4.79 Å². The molecule has 2 aromatic rings. The molecule has 2 rings (SSSR count). The van der Waals surface area contributed by atoms with Crippen LogP contribution in [0.3, 0.4) is 0 Å². The quantitative estimate of drug-likeness (QED) is 0.883. The molecule has 0 radical (unpaired) electrons. The molecule has 1 N–H and O–H groups in total. The second-order valence-electron chi connectivity index (χ2n) is 5.05. The lowest BCUT2D eigenvalue weighted by molar-refractivity contribution is 0.0685. The number of pyridine rings is 1. The van der Waals surface area contributed by atoms with Gasteiger partial charge in [-0.25, -0.2) is 9.78 Å². The Hall–Kier alpha value is -2.10. The van der Waals surface area contributed by atoms with E-state index in [4.69, 9.17) is 9.84 Å². The predicted molar refractivity (Wildman–Crippen MR) is 69.1 cm³/mol. The van der Waals surface area contributed by atoms with Gasteiger partial charge in [0.2, 0.25) is 5.88 Å². The van der Waals surface area contributed by atoms with Crippen LogP contribution in [0.25, 0.3) is 10.8 Å². The summed E-state index contributed by atoms with van der Waals surface area (Å²) in [4.78, 5) is 15.1. The fourth-order valence-corrected chi connectivity index (χ4v) is 1.64. The summed E-state index contributed by atoms with van der Waals surface area (Å²) in [5, 5.41) is 10.7. The molecule has 0 saturated heterocycles. The molecule has 4 heteroatoms. The minimum absolute atomic E-state index is 0.00653. The molecule has 0 bridgehead atoms. The van der Waals surface area contributed by atoms with Crippen LogP contribution in [0.15, 0.2) is 30.3 Å². The van der Waals surface area contributed by atoms with Crippen LogP contribution in [0.2, 0.25) is 0 Å². The Morgan fingerprint density at radius 1 is 1.28 bits per heavy atom. The van der Waals surface area contributed by atoms with Gasteiger partial charge in [0.1, 0.15) is 5.60 Å². The lowest BCUT2D eigenvalue weighted by Gasteiger charge is -2.21. The third kappa shape index (κ3) is 2.59. The van der Waals surface area contributed by atoms with Gasteiger partial charge < -0.3 is 9.84 Å². The number of benzene rings is 1. The molecule has 4 nitrogen and oxygen atoms in total. The molecule has 0 aliphatic heterocycles. The van der Waals surface area contributed by atoms with E-state index in [0.717, 1.165) is 10.8 Å². The molecule has 0 amide bonds. The molecule has 1 heterocycles. The maximum atomic E-state index is 11.0. The number of carboxylic acid groups (broad SMARTS) is 1. The summed E-state index contributed by atoms with van der Waals surface area (Å²) in [6.07, 6.45) is 0. The second kappa shape index (κ2) is 4.29. The summed E-state index contributed by atoms with van der Waals surface area (Å²) >= 11 is 0. The first-order chi connectivity index (χ1) is 8.37. The highest BCUT2D eigenvalue weighted by Crippen LogP contribution is 2.27. The Morgan fingerprint density at radius 2 is 1.94 bits per heavy atom. The molecule has 0 fully saturated rings. The number of carboxylic acids is 1. The lowest BCUT2D eigenvalue weighted by atomic mass is 10.1. The molecule has 18 heavy (non-hydrogen) atoms. The van der Waals surface area contributed by atoms with E-state index < -0.39 is 11.6 Å². The lowest BCUT2D eigenvalue weighted by Crippen LogP contribution is -2.24. The van der Waals surface area contributed by atoms with Crippen LogP contribution in [0.5, 0.6) is 5.88 Å². The average Bonchev–Trinajstić information content (AvgIpc) is 2.26. The van der Waals surface area contributed by atoms with Gasteiger partial charge >= 0.3 is 5.97 Å². The largest absolute Gasteiger partial charge is 0.477 e. The van der Waals surface area contributed by atoms with Gasteiger partial charge in [-0.2, -0.15) is 0 Å². The number of ether oxygens (including phenoxy) is 1. The Kier molecular flexibility index (Phi) is 2.95. The van der Waals surface area contributed by atoms with E-state index in [1.54, 1.807) is 6.07 Å². The van der Waals surface area contributed by atoms with Crippen LogP contribution in [0, 0.1) is 0 Å². The Balaban J connectivity index is 2.64. The smallest absolute Gasteiger partial charge is 0.354 e. The molecule has 0 unspecified atom stereocenters.